The van der Waals surface area contributed by atoms with Gasteiger partial charge in [-0.3, -0.25) is 9.59 Å². The number of carboxylic acids is 1. The fourth-order valence-electron chi connectivity index (χ4n) is 8.21. The van der Waals surface area contributed by atoms with Crippen LogP contribution in [0.2, 0.25) is 0 Å². The molecule has 4 nitrogen and oxygen atoms in total. The third kappa shape index (κ3) is 3.88. The van der Waals surface area contributed by atoms with Crippen molar-refractivity contribution in [1.82, 2.24) is 0 Å². The van der Waals surface area contributed by atoms with Crippen molar-refractivity contribution in [2.45, 2.75) is 97.0 Å². The van der Waals surface area contributed by atoms with Crippen molar-refractivity contribution < 1.29 is 71.2 Å². The zero-order valence-electron chi connectivity index (χ0n) is 19.4. The molecule has 0 aromatic rings. The molecule has 4 aliphatic rings. The van der Waals surface area contributed by atoms with Crippen LogP contribution in [0.5, 0.6) is 0 Å². The molecule has 0 spiro atoms. The molecule has 3 saturated carbocycles. The Balaban J connectivity index is 0.00000256. The van der Waals surface area contributed by atoms with E-state index in [0.717, 1.165) is 44.9 Å². The van der Waals surface area contributed by atoms with E-state index in [-0.39, 0.29) is 68.6 Å². The van der Waals surface area contributed by atoms with Gasteiger partial charge in [-0.05, 0) is 85.5 Å². The summed E-state index contributed by atoms with van der Waals surface area (Å²) in [6.45, 7) is 6.91. The third-order valence-corrected chi connectivity index (χ3v) is 9.87. The number of ketones is 1. The maximum Gasteiger partial charge on any atom is 1.00 e. The summed E-state index contributed by atoms with van der Waals surface area (Å²) < 4.78 is 0. The molecular formula is C25H38KO4+. The minimum atomic E-state index is -0.850. The second-order valence-corrected chi connectivity index (χ2v) is 11.0. The van der Waals surface area contributed by atoms with Crippen LogP contribution in [0.4, 0.5) is 0 Å². The van der Waals surface area contributed by atoms with Gasteiger partial charge in [-0.25, -0.2) is 0 Å². The Morgan fingerprint density at radius 3 is 2.53 bits per heavy atom. The smallest absolute Gasteiger partial charge is 0.481 e. The van der Waals surface area contributed by atoms with Crippen molar-refractivity contribution in [3.63, 3.8) is 0 Å². The Labute approximate surface area is 224 Å². The van der Waals surface area contributed by atoms with Gasteiger partial charge in [-0.1, -0.05) is 39.2 Å². The number of rotatable bonds is 5. The quantitative estimate of drug-likeness (QED) is 0.641. The summed E-state index contributed by atoms with van der Waals surface area (Å²) in [5.41, 5.74) is 0.497. The first-order valence-corrected chi connectivity index (χ1v) is 11.8. The van der Waals surface area contributed by atoms with E-state index in [1.54, 1.807) is 0 Å². The Morgan fingerprint density at radius 1 is 1.17 bits per heavy atom. The van der Waals surface area contributed by atoms with Crippen LogP contribution in [-0.2, 0) is 9.59 Å². The predicted molar refractivity (Wildman–Crippen MR) is 112 cm³/mol. The van der Waals surface area contributed by atoms with E-state index in [1.165, 1.54) is 12.0 Å². The van der Waals surface area contributed by atoms with E-state index >= 15 is 0 Å². The van der Waals surface area contributed by atoms with Crippen molar-refractivity contribution in [3.05, 3.63) is 11.6 Å². The molecular weight excluding hydrogens is 403 g/mol. The molecule has 0 bridgehead atoms. The number of aliphatic carboxylic acids is 1. The van der Waals surface area contributed by atoms with Crippen molar-refractivity contribution >= 4 is 11.8 Å². The van der Waals surface area contributed by atoms with Gasteiger partial charge in [0.2, 0.25) is 0 Å². The number of hydrogen-bond acceptors (Lipinski definition) is 3. The summed E-state index contributed by atoms with van der Waals surface area (Å²) in [6, 6.07) is 0. The maximum absolute atomic E-state index is 12.2. The molecule has 0 aromatic carbocycles. The van der Waals surface area contributed by atoms with Crippen molar-refractivity contribution in [2.75, 3.05) is 0 Å². The van der Waals surface area contributed by atoms with Crippen LogP contribution in [-0.4, -0.2) is 27.6 Å². The van der Waals surface area contributed by atoms with Gasteiger partial charge in [0.15, 0.2) is 5.78 Å². The Morgan fingerprint density at radius 2 is 1.87 bits per heavy atom. The number of carboxylic acid groups (broad SMARTS) is 1. The zero-order valence-corrected chi connectivity index (χ0v) is 22.5. The second-order valence-electron chi connectivity index (χ2n) is 11.0. The number of carbonyl (C=O) groups excluding carboxylic acids is 1. The first-order valence-electron chi connectivity index (χ1n) is 11.8. The van der Waals surface area contributed by atoms with Crippen LogP contribution < -0.4 is 51.4 Å². The van der Waals surface area contributed by atoms with E-state index in [2.05, 4.69) is 20.8 Å². The van der Waals surface area contributed by atoms with E-state index in [9.17, 15) is 19.8 Å². The minimum Gasteiger partial charge on any atom is -0.481 e. The van der Waals surface area contributed by atoms with Gasteiger partial charge in [-0.15, -0.1) is 0 Å². The van der Waals surface area contributed by atoms with Gasteiger partial charge < -0.3 is 10.2 Å². The van der Waals surface area contributed by atoms with Crippen LogP contribution in [0.25, 0.3) is 0 Å². The monoisotopic (exact) mass is 441 g/mol. The topological polar surface area (TPSA) is 74.6 Å². The predicted octanol–water partition coefficient (Wildman–Crippen LogP) is 2.14. The molecule has 0 saturated heterocycles. The van der Waals surface area contributed by atoms with Crippen molar-refractivity contribution in [2.24, 2.45) is 34.5 Å². The van der Waals surface area contributed by atoms with E-state index in [4.69, 9.17) is 0 Å². The second kappa shape index (κ2) is 9.02. The minimum absolute atomic E-state index is 0. The summed E-state index contributed by atoms with van der Waals surface area (Å²) >= 11 is 0. The molecule has 0 radical (unpaired) electrons. The molecule has 0 amide bonds. The molecule has 0 aliphatic heterocycles. The number of fused-ring (bicyclic) bond motifs is 5. The summed E-state index contributed by atoms with van der Waals surface area (Å²) in [7, 11) is 0. The first kappa shape index (κ1) is 25.1. The molecule has 0 aromatic heterocycles. The van der Waals surface area contributed by atoms with E-state index in [1.807, 2.05) is 6.08 Å². The van der Waals surface area contributed by atoms with Crippen molar-refractivity contribution in [3.8, 4) is 0 Å². The number of hydrogen-bond donors (Lipinski definition) is 2. The van der Waals surface area contributed by atoms with Crippen LogP contribution in [0.15, 0.2) is 11.6 Å². The molecule has 162 valence electrons. The first-order chi connectivity index (χ1) is 13.6. The molecule has 5 heteroatoms. The molecule has 4 aliphatic carbocycles. The maximum atomic E-state index is 12.2. The summed E-state index contributed by atoms with van der Waals surface area (Å²) in [6.07, 6.45) is 11.3. The average molecular weight is 442 g/mol. The van der Waals surface area contributed by atoms with Gasteiger partial charge >= 0.3 is 57.4 Å². The van der Waals surface area contributed by atoms with Gasteiger partial charge in [-0.2, -0.15) is 0 Å². The molecule has 7 atom stereocenters. The van der Waals surface area contributed by atoms with Crippen LogP contribution >= 0.6 is 0 Å². The number of allylic oxidation sites excluding steroid dienone is 1. The third-order valence-electron chi connectivity index (χ3n) is 9.87. The molecule has 2 N–H and O–H groups in total. The summed E-state index contributed by atoms with van der Waals surface area (Å²) in [4.78, 5) is 23.4. The fourth-order valence-corrected chi connectivity index (χ4v) is 8.21. The van der Waals surface area contributed by atoms with E-state index in [0.29, 0.717) is 42.3 Å². The average Bonchev–Trinajstić information content (AvgIpc) is 2.93. The molecule has 0 unspecified atom stereocenters. The van der Waals surface area contributed by atoms with Gasteiger partial charge in [0.25, 0.3) is 0 Å². The normalized spacial score (nSPS) is 44.9. The standard InChI is InChI=1S/C25H38O4.K/c1-4-5-16-14-17-15-18(26)6-10-23(17,2)19-7-11-24(3)20(22(16)19)8-12-25(24,29)13-9-21(27)28;/h15-16,19-20,22,29H,4-14H2,1-3H3,(H,27,28);/q;+1/t16-,19+,20+,22-,23+,24+,25-;/m1./s1. The van der Waals surface area contributed by atoms with Crippen LogP contribution in [0.3, 0.4) is 0 Å². The fraction of sp³-hybridized carbons (Fsp3) is 0.840. The van der Waals surface area contributed by atoms with Crippen LogP contribution in [0.1, 0.15) is 91.4 Å². The van der Waals surface area contributed by atoms with Gasteiger partial charge in [0.05, 0.1) is 5.60 Å². The van der Waals surface area contributed by atoms with Gasteiger partial charge in [0.1, 0.15) is 0 Å². The summed E-state index contributed by atoms with van der Waals surface area (Å²) in [5, 5.41) is 20.8. The molecule has 4 rings (SSSR count). The Hall–Kier alpha value is 0.476. The van der Waals surface area contributed by atoms with Crippen molar-refractivity contribution in [1.29, 1.82) is 0 Å². The van der Waals surface area contributed by atoms with E-state index < -0.39 is 11.6 Å². The Kier molecular flexibility index (Phi) is 7.55. The zero-order chi connectivity index (χ0) is 21.0. The number of carbonyl (C=O) groups is 2. The molecule has 30 heavy (non-hydrogen) atoms. The molecule has 0 heterocycles. The molecule has 3 fully saturated rings. The largest absolute Gasteiger partial charge is 1.00 e. The summed E-state index contributed by atoms with van der Waals surface area (Å²) in [5.74, 6) is 1.72. The number of aliphatic hydroxyl groups is 1. The van der Waals surface area contributed by atoms with Crippen LogP contribution in [0, 0.1) is 34.5 Å². The SMILES string of the molecule is CCC[C@@H]1CC2=CC(=O)CC[C@]2(C)[C@H]2CC[C@@]3(C)[C@@H](CC[C@@]3(O)CCC(=O)O)[C@H]12.[K+]. The van der Waals surface area contributed by atoms with Gasteiger partial charge in [0, 0.05) is 12.8 Å². The Bertz CT molecular complexity index is 733.